The standard InChI is InChI=1S/C12H18Cl3NO3/c1-2-3-7-18-8-11-5-4-6-16(11)9(12(13,14)15)19-10(11)17/h9H,2-8H2,1H3/t9-,11-/m0/s1. The third kappa shape index (κ3) is 2.98. The van der Waals surface area contributed by atoms with Gasteiger partial charge >= 0.3 is 5.97 Å². The quantitative estimate of drug-likeness (QED) is 0.441. The van der Waals surface area contributed by atoms with Crippen LogP contribution in [0.1, 0.15) is 32.6 Å². The van der Waals surface area contributed by atoms with Crippen molar-refractivity contribution in [3.8, 4) is 0 Å². The van der Waals surface area contributed by atoms with Gasteiger partial charge < -0.3 is 9.47 Å². The Morgan fingerprint density at radius 2 is 2.26 bits per heavy atom. The van der Waals surface area contributed by atoms with Crippen molar-refractivity contribution in [3.63, 3.8) is 0 Å². The Kier molecular flexibility index (Phi) is 4.89. The summed E-state index contributed by atoms with van der Waals surface area (Å²) in [5.41, 5.74) is -0.762. The Morgan fingerprint density at radius 3 is 2.89 bits per heavy atom. The van der Waals surface area contributed by atoms with E-state index in [0.29, 0.717) is 26.2 Å². The fourth-order valence-electron chi connectivity index (χ4n) is 2.68. The summed E-state index contributed by atoms with van der Waals surface area (Å²) in [6, 6.07) is 0. The zero-order valence-electron chi connectivity index (χ0n) is 10.8. The Morgan fingerprint density at radius 1 is 1.53 bits per heavy atom. The molecule has 110 valence electrons. The topological polar surface area (TPSA) is 38.8 Å². The van der Waals surface area contributed by atoms with E-state index in [0.717, 1.165) is 19.3 Å². The van der Waals surface area contributed by atoms with E-state index in [9.17, 15) is 4.79 Å². The van der Waals surface area contributed by atoms with Gasteiger partial charge in [0.2, 0.25) is 10.0 Å². The molecule has 0 aromatic rings. The highest BCUT2D eigenvalue weighted by Crippen LogP contribution is 2.46. The van der Waals surface area contributed by atoms with Crippen molar-refractivity contribution >= 4 is 40.8 Å². The summed E-state index contributed by atoms with van der Waals surface area (Å²) in [6.45, 7) is 3.72. The van der Waals surface area contributed by atoms with Gasteiger partial charge in [0, 0.05) is 13.2 Å². The third-order valence-corrected chi connectivity index (χ3v) is 4.24. The number of esters is 1. The molecule has 2 fully saturated rings. The van der Waals surface area contributed by atoms with Crippen LogP contribution in [-0.2, 0) is 14.3 Å². The Labute approximate surface area is 128 Å². The van der Waals surface area contributed by atoms with Crippen LogP contribution < -0.4 is 0 Å². The highest BCUT2D eigenvalue weighted by Gasteiger charge is 2.62. The number of unbranched alkanes of at least 4 members (excludes halogenated alkanes) is 1. The normalized spacial score (nSPS) is 31.6. The lowest BCUT2D eigenvalue weighted by atomic mass is 9.98. The highest BCUT2D eigenvalue weighted by atomic mass is 35.6. The second kappa shape index (κ2) is 5.94. The molecule has 2 atom stereocenters. The van der Waals surface area contributed by atoms with Crippen LogP contribution in [0.25, 0.3) is 0 Å². The first-order valence-corrected chi connectivity index (χ1v) is 7.67. The van der Waals surface area contributed by atoms with Crippen molar-refractivity contribution in [2.75, 3.05) is 19.8 Å². The summed E-state index contributed by atoms with van der Waals surface area (Å²) in [5.74, 6) is -0.335. The van der Waals surface area contributed by atoms with Gasteiger partial charge in [0.25, 0.3) is 0 Å². The molecule has 7 heteroatoms. The molecular formula is C12H18Cl3NO3. The smallest absolute Gasteiger partial charge is 0.330 e. The summed E-state index contributed by atoms with van der Waals surface area (Å²) in [4.78, 5) is 14.0. The number of hydrogen-bond acceptors (Lipinski definition) is 4. The lowest BCUT2D eigenvalue weighted by molar-refractivity contribution is -0.147. The van der Waals surface area contributed by atoms with E-state index in [2.05, 4.69) is 6.92 Å². The molecule has 4 nitrogen and oxygen atoms in total. The molecule has 2 aliphatic heterocycles. The molecule has 0 N–H and O–H groups in total. The first kappa shape index (κ1) is 15.6. The zero-order valence-corrected chi connectivity index (χ0v) is 13.1. The van der Waals surface area contributed by atoms with Gasteiger partial charge in [0.1, 0.15) is 5.54 Å². The molecule has 0 aromatic heterocycles. The maximum absolute atomic E-state index is 12.2. The summed E-state index contributed by atoms with van der Waals surface area (Å²) < 4.78 is 9.25. The van der Waals surface area contributed by atoms with E-state index in [1.54, 1.807) is 0 Å². The van der Waals surface area contributed by atoms with Crippen LogP contribution in [0.2, 0.25) is 0 Å². The predicted octanol–water partition coefficient (Wildman–Crippen LogP) is 2.89. The van der Waals surface area contributed by atoms with Crippen molar-refractivity contribution < 1.29 is 14.3 Å². The summed E-state index contributed by atoms with van der Waals surface area (Å²) in [7, 11) is 0. The Hall–Kier alpha value is 0.260. The molecule has 2 rings (SSSR count). The first-order chi connectivity index (χ1) is 8.92. The fraction of sp³-hybridized carbons (Fsp3) is 0.917. The van der Waals surface area contributed by atoms with Crippen molar-refractivity contribution in [2.24, 2.45) is 0 Å². The molecule has 2 heterocycles. The van der Waals surface area contributed by atoms with Crippen LogP contribution in [-0.4, -0.2) is 46.2 Å². The number of ether oxygens (including phenoxy) is 2. The zero-order chi connectivity index (χ0) is 14.1. The molecule has 0 aromatic carbocycles. The molecular weight excluding hydrogens is 312 g/mol. The van der Waals surface area contributed by atoms with Gasteiger partial charge in [0.15, 0.2) is 0 Å². The molecule has 0 aliphatic carbocycles. The molecule has 0 unspecified atom stereocenters. The summed E-state index contributed by atoms with van der Waals surface area (Å²) >= 11 is 17.7. The molecule has 2 saturated heterocycles. The summed E-state index contributed by atoms with van der Waals surface area (Å²) in [5, 5.41) is 0. The van der Waals surface area contributed by atoms with Gasteiger partial charge in [-0.3, -0.25) is 0 Å². The van der Waals surface area contributed by atoms with E-state index in [4.69, 9.17) is 44.3 Å². The van der Waals surface area contributed by atoms with Crippen molar-refractivity contribution in [1.29, 1.82) is 0 Å². The number of cyclic esters (lactones) is 1. The number of nitrogens with zero attached hydrogens (tertiary/aromatic N) is 1. The van der Waals surface area contributed by atoms with Gasteiger partial charge in [-0.2, -0.15) is 0 Å². The second-order valence-corrected chi connectivity index (χ2v) is 7.40. The molecule has 0 bridgehead atoms. The van der Waals surface area contributed by atoms with Gasteiger partial charge in [-0.1, -0.05) is 48.1 Å². The largest absolute Gasteiger partial charge is 0.440 e. The number of alkyl halides is 3. The Balaban J connectivity index is 2.07. The minimum Gasteiger partial charge on any atom is -0.440 e. The van der Waals surface area contributed by atoms with Crippen LogP contribution in [0.15, 0.2) is 0 Å². The maximum atomic E-state index is 12.2. The van der Waals surface area contributed by atoms with E-state index < -0.39 is 15.6 Å². The Bertz CT molecular complexity index is 348. The lowest BCUT2D eigenvalue weighted by Gasteiger charge is -2.31. The average molecular weight is 331 g/mol. The summed E-state index contributed by atoms with van der Waals surface area (Å²) in [6.07, 6.45) is 2.78. The number of fused-ring (bicyclic) bond motifs is 1. The monoisotopic (exact) mass is 329 g/mol. The molecule has 0 saturated carbocycles. The van der Waals surface area contributed by atoms with Crippen LogP contribution in [0, 0.1) is 0 Å². The molecule has 0 radical (unpaired) electrons. The van der Waals surface area contributed by atoms with Gasteiger partial charge in [-0.25, -0.2) is 9.69 Å². The van der Waals surface area contributed by atoms with E-state index in [-0.39, 0.29) is 5.97 Å². The van der Waals surface area contributed by atoms with Crippen LogP contribution >= 0.6 is 34.8 Å². The highest BCUT2D eigenvalue weighted by molar-refractivity contribution is 6.68. The third-order valence-electron chi connectivity index (χ3n) is 3.68. The predicted molar refractivity (Wildman–Crippen MR) is 74.6 cm³/mol. The molecule has 19 heavy (non-hydrogen) atoms. The van der Waals surface area contributed by atoms with Crippen molar-refractivity contribution in [1.82, 2.24) is 4.90 Å². The second-order valence-electron chi connectivity index (χ2n) is 5.03. The molecule has 0 amide bonds. The molecule has 2 aliphatic rings. The van der Waals surface area contributed by atoms with E-state index in [1.807, 2.05) is 4.90 Å². The lowest BCUT2D eigenvalue weighted by Crippen LogP contribution is -2.52. The minimum atomic E-state index is -1.63. The maximum Gasteiger partial charge on any atom is 0.330 e. The van der Waals surface area contributed by atoms with Crippen molar-refractivity contribution in [2.45, 2.75) is 48.2 Å². The number of halogens is 3. The number of carbonyl (C=O) groups is 1. The number of hydrogen-bond donors (Lipinski definition) is 0. The minimum absolute atomic E-state index is 0.309. The van der Waals surface area contributed by atoms with Gasteiger partial charge in [-0.05, 0) is 19.3 Å². The van der Waals surface area contributed by atoms with Gasteiger partial charge in [0.05, 0.1) is 6.61 Å². The van der Waals surface area contributed by atoms with Crippen LogP contribution in [0.4, 0.5) is 0 Å². The fourth-order valence-corrected chi connectivity index (χ4v) is 3.17. The van der Waals surface area contributed by atoms with E-state index in [1.165, 1.54) is 0 Å². The van der Waals surface area contributed by atoms with Crippen LogP contribution in [0.3, 0.4) is 0 Å². The average Bonchev–Trinajstić information content (AvgIpc) is 2.84. The number of rotatable bonds is 5. The number of carbonyl (C=O) groups excluding carboxylic acids is 1. The molecule has 0 spiro atoms. The SMILES string of the molecule is CCCCOC[C@]12CCCN1[C@H](C(Cl)(Cl)Cl)OC2=O. The van der Waals surface area contributed by atoms with Crippen molar-refractivity contribution in [3.05, 3.63) is 0 Å². The van der Waals surface area contributed by atoms with Crippen LogP contribution in [0.5, 0.6) is 0 Å². The van der Waals surface area contributed by atoms with E-state index >= 15 is 0 Å². The first-order valence-electron chi connectivity index (χ1n) is 6.54. The van der Waals surface area contributed by atoms with Gasteiger partial charge in [-0.15, -0.1) is 0 Å².